The molecule has 3 heteroatoms. The molecule has 0 bridgehead atoms. The molecule has 0 heterocycles. The maximum absolute atomic E-state index is 2.36. The van der Waals surface area contributed by atoms with Crippen LogP contribution in [0.2, 0.25) is 0 Å². The van der Waals surface area contributed by atoms with Gasteiger partial charge in [-0.2, -0.15) is 0 Å². The Morgan fingerprint density at radius 3 is 2.20 bits per heavy atom. The molecule has 1 aromatic rings. The van der Waals surface area contributed by atoms with Crippen molar-refractivity contribution in [3.8, 4) is 0 Å². The van der Waals surface area contributed by atoms with Crippen LogP contribution in [0.25, 0.3) is 14.4 Å². The SMILES string of the molecule is CC(C)=c1cccc2c1=C(C)C(C1=CC=C(C(C)(C)C)C1)=[C]2[Zr+2].[Cl-].[Cl-]. The minimum absolute atomic E-state index is 0. The smallest absolute Gasteiger partial charge is 1.00 e. The number of hydrogen-bond donors (Lipinski definition) is 0. The van der Waals surface area contributed by atoms with Crippen molar-refractivity contribution in [2.24, 2.45) is 5.41 Å². The summed E-state index contributed by atoms with van der Waals surface area (Å²) in [6, 6.07) is 6.78. The van der Waals surface area contributed by atoms with Gasteiger partial charge >= 0.3 is 156 Å². The van der Waals surface area contributed by atoms with E-state index in [1.54, 1.807) is 5.57 Å². The Bertz CT molecular complexity index is 902. The third kappa shape index (κ3) is 4.00. The van der Waals surface area contributed by atoms with Crippen LogP contribution in [0.5, 0.6) is 0 Å². The van der Waals surface area contributed by atoms with Crippen LogP contribution in [0.3, 0.4) is 0 Å². The first-order valence-electron chi connectivity index (χ1n) is 8.36. The van der Waals surface area contributed by atoms with Crippen molar-refractivity contribution in [3.05, 3.63) is 63.1 Å². The second-order valence-electron chi connectivity index (χ2n) is 7.91. The van der Waals surface area contributed by atoms with Gasteiger partial charge in [-0.1, -0.05) is 0 Å². The van der Waals surface area contributed by atoms with Gasteiger partial charge in [-0.05, 0) is 0 Å². The van der Waals surface area contributed by atoms with Crippen LogP contribution in [-0.4, -0.2) is 0 Å². The summed E-state index contributed by atoms with van der Waals surface area (Å²) in [5.41, 5.74) is 9.17. The Hall–Kier alpha value is -0.357. The summed E-state index contributed by atoms with van der Waals surface area (Å²) >= 11 is 1.52. The van der Waals surface area contributed by atoms with Gasteiger partial charge in [0.25, 0.3) is 0 Å². The van der Waals surface area contributed by atoms with E-state index in [2.05, 4.69) is 71.9 Å². The molecule has 2 aliphatic carbocycles. The van der Waals surface area contributed by atoms with E-state index in [1.807, 2.05) is 0 Å². The molecule has 0 unspecified atom stereocenters. The van der Waals surface area contributed by atoms with E-state index < -0.39 is 0 Å². The average Bonchev–Trinajstić information content (AvgIpc) is 3.03. The Labute approximate surface area is 179 Å². The fourth-order valence-corrected chi connectivity index (χ4v) is 5.01. The normalized spacial score (nSPS) is 16.1. The Kier molecular flexibility index (Phi) is 7.37. The van der Waals surface area contributed by atoms with Gasteiger partial charge < -0.3 is 24.8 Å². The standard InChI is InChI=1S/C22H25.2ClH.Zr/c1-14(2)19-9-7-8-17-13-20(15(3)21(17)19)16-10-11-18(12-16)22(4,5)6;;;/h7-11H,12H2,1-6H3;2*1H;/q;;;+2/p-2. The number of rotatable bonds is 1. The molecule has 1 aromatic carbocycles. The minimum atomic E-state index is 0. The van der Waals surface area contributed by atoms with Gasteiger partial charge in [0.05, 0.1) is 0 Å². The maximum atomic E-state index is 2.36. The summed E-state index contributed by atoms with van der Waals surface area (Å²) in [6.45, 7) is 13.7. The summed E-state index contributed by atoms with van der Waals surface area (Å²) < 4.78 is 1.53. The quantitative estimate of drug-likeness (QED) is 0.495. The summed E-state index contributed by atoms with van der Waals surface area (Å²) in [5.74, 6) is 0. The Morgan fingerprint density at radius 1 is 1.04 bits per heavy atom. The van der Waals surface area contributed by atoms with E-state index in [1.165, 1.54) is 66.3 Å². The van der Waals surface area contributed by atoms with Crippen molar-refractivity contribution >= 4 is 14.4 Å². The van der Waals surface area contributed by atoms with Crippen LogP contribution in [0, 0.1) is 5.41 Å². The van der Waals surface area contributed by atoms with Gasteiger partial charge in [0, 0.05) is 0 Å². The zero-order valence-corrected chi connectivity index (χ0v) is 19.8. The van der Waals surface area contributed by atoms with Gasteiger partial charge in [-0.3, -0.25) is 0 Å². The van der Waals surface area contributed by atoms with Crippen LogP contribution in [-0.2, 0) is 24.7 Å². The number of benzene rings is 1. The molecule has 0 aliphatic heterocycles. The van der Waals surface area contributed by atoms with Crippen molar-refractivity contribution < 1.29 is 49.5 Å². The topological polar surface area (TPSA) is 0 Å². The number of allylic oxidation sites excluding steroid dienone is 5. The second kappa shape index (κ2) is 8.12. The van der Waals surface area contributed by atoms with Gasteiger partial charge in [-0.25, -0.2) is 0 Å². The molecule has 0 aromatic heterocycles. The molecule has 0 N–H and O–H groups in total. The zero-order valence-electron chi connectivity index (χ0n) is 15.8. The molecule has 25 heavy (non-hydrogen) atoms. The van der Waals surface area contributed by atoms with Gasteiger partial charge in [0.15, 0.2) is 0 Å². The van der Waals surface area contributed by atoms with Crippen LogP contribution in [0.1, 0.15) is 53.5 Å². The minimum Gasteiger partial charge on any atom is -1.00 e. The molecule has 0 spiro atoms. The third-order valence-corrected chi connectivity index (χ3v) is 6.30. The van der Waals surface area contributed by atoms with E-state index in [0.29, 0.717) is 0 Å². The van der Waals surface area contributed by atoms with Crippen molar-refractivity contribution in [2.45, 2.75) is 48.0 Å². The van der Waals surface area contributed by atoms with Gasteiger partial charge in [0.1, 0.15) is 0 Å². The van der Waals surface area contributed by atoms with Crippen molar-refractivity contribution in [1.29, 1.82) is 0 Å². The molecule has 0 fully saturated rings. The first-order valence-corrected chi connectivity index (χ1v) is 9.59. The van der Waals surface area contributed by atoms with E-state index >= 15 is 0 Å². The molecule has 0 saturated heterocycles. The number of halogens is 2. The van der Waals surface area contributed by atoms with E-state index in [-0.39, 0.29) is 30.2 Å². The maximum Gasteiger partial charge on any atom is -1.00 e. The summed E-state index contributed by atoms with van der Waals surface area (Å²) in [4.78, 5) is 0. The third-order valence-electron chi connectivity index (χ3n) is 5.02. The average molecular weight is 452 g/mol. The first-order chi connectivity index (χ1) is 10.7. The summed E-state index contributed by atoms with van der Waals surface area (Å²) in [5, 5.41) is 2.89. The first kappa shape index (κ1) is 22.7. The van der Waals surface area contributed by atoms with Crippen molar-refractivity contribution in [3.63, 3.8) is 0 Å². The second-order valence-corrected chi connectivity index (χ2v) is 9.14. The molecule has 2 aliphatic rings. The fraction of sp³-hybridized carbons (Fsp3) is 0.364. The van der Waals surface area contributed by atoms with Crippen LogP contribution in [0.15, 0.2) is 47.1 Å². The Balaban J connectivity index is 0.00000156. The molecular weight excluding hydrogens is 426 g/mol. The molecule has 3 rings (SSSR count). The van der Waals surface area contributed by atoms with E-state index in [4.69, 9.17) is 0 Å². The van der Waals surface area contributed by atoms with E-state index in [0.717, 1.165) is 6.42 Å². The number of fused-ring (bicyclic) bond motifs is 1. The molecule has 0 nitrogen and oxygen atoms in total. The zero-order chi connectivity index (χ0) is 16.9. The van der Waals surface area contributed by atoms with Crippen molar-refractivity contribution in [1.82, 2.24) is 0 Å². The molecular formula is C22H25Cl2Zr. The van der Waals surface area contributed by atoms with Crippen LogP contribution in [0.4, 0.5) is 0 Å². The summed E-state index contributed by atoms with van der Waals surface area (Å²) in [6.07, 6.45) is 5.81. The monoisotopic (exact) mass is 449 g/mol. The summed E-state index contributed by atoms with van der Waals surface area (Å²) in [7, 11) is 0. The van der Waals surface area contributed by atoms with Gasteiger partial charge in [0.2, 0.25) is 0 Å². The van der Waals surface area contributed by atoms with Gasteiger partial charge in [-0.15, -0.1) is 0 Å². The van der Waals surface area contributed by atoms with Crippen LogP contribution >= 0.6 is 0 Å². The fourth-order valence-electron chi connectivity index (χ4n) is 3.64. The molecule has 0 saturated carbocycles. The molecule has 0 atom stereocenters. The van der Waals surface area contributed by atoms with Crippen LogP contribution < -0.4 is 35.3 Å². The van der Waals surface area contributed by atoms with Crippen molar-refractivity contribution in [2.75, 3.05) is 0 Å². The van der Waals surface area contributed by atoms with E-state index in [9.17, 15) is 0 Å². The Morgan fingerprint density at radius 2 is 1.68 bits per heavy atom. The predicted molar refractivity (Wildman–Crippen MR) is 96.7 cm³/mol. The molecule has 0 radical (unpaired) electrons. The molecule has 131 valence electrons. The largest absolute Gasteiger partial charge is 1.00 e. The predicted octanol–water partition coefficient (Wildman–Crippen LogP) is -1.37. The molecule has 0 amide bonds. The number of hydrogen-bond acceptors (Lipinski definition) is 0.